The van der Waals surface area contributed by atoms with Crippen LogP contribution in [0.4, 0.5) is 34.1 Å². The molecule has 10 aromatic carbocycles. The lowest BCUT2D eigenvalue weighted by Gasteiger charge is -2.33. The number of para-hydroxylation sites is 4. The molecule has 0 atom stereocenters. The van der Waals surface area contributed by atoms with Crippen molar-refractivity contribution in [2.75, 3.05) is 9.80 Å². The maximum atomic E-state index is 7.09. The van der Waals surface area contributed by atoms with Crippen LogP contribution in [0.2, 0.25) is 0 Å². The van der Waals surface area contributed by atoms with E-state index >= 15 is 0 Å². The van der Waals surface area contributed by atoms with Gasteiger partial charge in [-0.1, -0.05) is 127 Å². The molecule has 0 saturated carbocycles. The molecule has 14 rings (SSSR count). The van der Waals surface area contributed by atoms with Gasteiger partial charge in [-0.15, -0.1) is 0 Å². The standard InChI is InChI=1S/C60H37BN2O4/c1-6-16-38(17-7-1)39-34-54-56-55(35-39)67-60-51(33-31-49-47-29-27-45(37-53(47)65-58(49)60)63(42-22-12-4-13-23-42)43-24-14-5-15-25-43)61(56)50-32-30-48-46-28-26-44(36-52(46)64-57(48)59(50)66-54)62(40-18-8-2-9-19-40)41-20-10-3-11-21-41/h1-37H. The van der Waals surface area contributed by atoms with Crippen molar-refractivity contribution < 1.29 is 18.3 Å². The molecule has 67 heavy (non-hydrogen) atoms. The predicted molar refractivity (Wildman–Crippen MR) is 273 cm³/mol. The van der Waals surface area contributed by atoms with E-state index in [1.807, 2.05) is 30.3 Å². The smallest absolute Gasteiger partial charge is 0.261 e. The van der Waals surface area contributed by atoms with E-state index in [4.69, 9.17) is 18.3 Å². The van der Waals surface area contributed by atoms with Gasteiger partial charge in [-0.25, -0.2) is 0 Å². The van der Waals surface area contributed by atoms with E-state index in [2.05, 4.69) is 204 Å². The molecule has 0 amide bonds. The van der Waals surface area contributed by atoms with Gasteiger partial charge in [-0.05, 0) is 107 Å². The maximum absolute atomic E-state index is 7.09. The van der Waals surface area contributed by atoms with E-state index in [1.54, 1.807) is 0 Å². The van der Waals surface area contributed by atoms with E-state index in [1.165, 1.54) is 0 Å². The fourth-order valence-electron chi connectivity index (χ4n) is 10.3. The molecule has 2 aliphatic rings. The van der Waals surface area contributed by atoms with Crippen LogP contribution in [0.3, 0.4) is 0 Å². The average Bonchev–Trinajstić information content (AvgIpc) is 3.96. The minimum absolute atomic E-state index is 0.220. The first kappa shape index (κ1) is 37.4. The molecule has 6 nitrogen and oxygen atoms in total. The second-order valence-corrected chi connectivity index (χ2v) is 17.2. The van der Waals surface area contributed by atoms with Crippen molar-refractivity contribution in [3.8, 4) is 34.1 Å². The number of ether oxygens (including phenoxy) is 2. The van der Waals surface area contributed by atoms with Crippen molar-refractivity contribution in [1.29, 1.82) is 0 Å². The Hall–Kier alpha value is -8.94. The van der Waals surface area contributed by atoms with Gasteiger partial charge in [0, 0.05) is 73.3 Å². The summed E-state index contributed by atoms with van der Waals surface area (Å²) in [6.07, 6.45) is 0. The number of anilines is 6. The zero-order valence-electron chi connectivity index (χ0n) is 36.0. The lowest BCUT2D eigenvalue weighted by atomic mass is 9.34. The highest BCUT2D eigenvalue weighted by Gasteiger charge is 2.43. The molecule has 314 valence electrons. The zero-order valence-corrected chi connectivity index (χ0v) is 36.0. The van der Waals surface area contributed by atoms with E-state index < -0.39 is 0 Å². The van der Waals surface area contributed by atoms with Crippen molar-refractivity contribution >= 4 is 101 Å². The van der Waals surface area contributed by atoms with E-state index in [-0.39, 0.29) is 6.71 Å². The second-order valence-electron chi connectivity index (χ2n) is 17.2. The highest BCUT2D eigenvalue weighted by molar-refractivity contribution is 6.98. The Kier molecular flexibility index (Phi) is 8.27. The van der Waals surface area contributed by atoms with Crippen molar-refractivity contribution in [2.45, 2.75) is 0 Å². The molecule has 0 spiro atoms. The number of rotatable bonds is 7. The van der Waals surface area contributed by atoms with Gasteiger partial charge >= 0.3 is 0 Å². The Labute approximate surface area is 386 Å². The fourth-order valence-corrected chi connectivity index (χ4v) is 10.3. The van der Waals surface area contributed by atoms with Gasteiger partial charge in [-0.3, -0.25) is 0 Å². The summed E-state index contributed by atoms with van der Waals surface area (Å²) in [5.41, 5.74) is 14.3. The summed E-state index contributed by atoms with van der Waals surface area (Å²) >= 11 is 0. The van der Waals surface area contributed by atoms with Crippen LogP contribution in [0.1, 0.15) is 0 Å². The molecule has 2 aromatic heterocycles. The highest BCUT2D eigenvalue weighted by Crippen LogP contribution is 2.47. The molecule has 12 aromatic rings. The predicted octanol–water partition coefficient (Wildman–Crippen LogP) is 14.8. The Bertz CT molecular complexity index is 3560. The normalized spacial score (nSPS) is 12.4. The summed E-state index contributed by atoms with van der Waals surface area (Å²) in [5.74, 6) is 2.89. The summed E-state index contributed by atoms with van der Waals surface area (Å²) in [6.45, 7) is -0.220. The lowest BCUT2D eigenvalue weighted by molar-refractivity contribution is 0.459. The van der Waals surface area contributed by atoms with Gasteiger partial charge < -0.3 is 28.1 Å². The van der Waals surface area contributed by atoms with E-state index in [0.29, 0.717) is 22.7 Å². The van der Waals surface area contributed by atoms with Gasteiger partial charge in [0.15, 0.2) is 22.7 Å². The van der Waals surface area contributed by atoms with Gasteiger partial charge in [0.1, 0.15) is 22.7 Å². The van der Waals surface area contributed by atoms with Crippen LogP contribution >= 0.6 is 0 Å². The third kappa shape index (κ3) is 5.91. The summed E-state index contributed by atoms with van der Waals surface area (Å²) in [6, 6.07) is 78.1. The molecule has 2 aliphatic heterocycles. The van der Waals surface area contributed by atoms with Gasteiger partial charge in [0.2, 0.25) is 0 Å². The Morgan fingerprint density at radius 3 is 1.09 bits per heavy atom. The molecule has 0 saturated heterocycles. The first-order chi connectivity index (χ1) is 33.2. The van der Waals surface area contributed by atoms with Gasteiger partial charge in [-0.2, -0.15) is 0 Å². The number of hydrogen-bond acceptors (Lipinski definition) is 6. The van der Waals surface area contributed by atoms with Crippen LogP contribution in [0.15, 0.2) is 233 Å². The fraction of sp³-hybridized carbons (Fsp3) is 0. The maximum Gasteiger partial charge on any atom is 0.261 e. The molecule has 0 fully saturated rings. The molecule has 0 N–H and O–H groups in total. The monoisotopic (exact) mass is 860 g/mol. The topological polar surface area (TPSA) is 51.2 Å². The number of furan rings is 2. The highest BCUT2D eigenvalue weighted by atomic mass is 16.5. The largest absolute Gasteiger partial charge is 0.454 e. The van der Waals surface area contributed by atoms with Crippen molar-refractivity contribution in [3.05, 3.63) is 224 Å². The SMILES string of the molecule is c1ccc(-c2cc3c4c(c2)Oc2c(ccc5c2oc2cc(N(c6ccccc6)c6ccccc6)ccc25)B4c2ccc4c(oc5cc(N(c6ccccc6)c6ccccc6)ccc54)c2O3)cc1. The van der Waals surface area contributed by atoms with Crippen LogP contribution in [-0.2, 0) is 0 Å². The Balaban J connectivity index is 0.947. The van der Waals surface area contributed by atoms with E-state index in [9.17, 15) is 0 Å². The first-order valence-corrected chi connectivity index (χ1v) is 22.6. The van der Waals surface area contributed by atoms with Crippen molar-refractivity contribution in [2.24, 2.45) is 0 Å². The third-order valence-electron chi connectivity index (χ3n) is 13.3. The minimum Gasteiger partial charge on any atom is -0.454 e. The summed E-state index contributed by atoms with van der Waals surface area (Å²) in [5, 5.41) is 4.02. The molecular formula is C60H37BN2O4. The molecule has 0 aliphatic carbocycles. The summed E-state index contributed by atoms with van der Waals surface area (Å²) < 4.78 is 28.1. The number of hydrogen-bond donors (Lipinski definition) is 0. The Morgan fingerprint density at radius 2 is 0.687 bits per heavy atom. The molecular weight excluding hydrogens is 823 g/mol. The molecule has 7 heteroatoms. The quantitative estimate of drug-likeness (QED) is 0.149. The number of fused-ring (bicyclic) bond motifs is 12. The van der Waals surface area contributed by atoms with Crippen LogP contribution in [0, 0.1) is 0 Å². The third-order valence-corrected chi connectivity index (χ3v) is 13.3. The van der Waals surface area contributed by atoms with Crippen LogP contribution in [0.5, 0.6) is 23.0 Å². The van der Waals surface area contributed by atoms with Crippen LogP contribution < -0.4 is 35.7 Å². The molecule has 4 heterocycles. The number of nitrogens with zero attached hydrogens (tertiary/aromatic N) is 2. The molecule has 0 unspecified atom stereocenters. The zero-order chi connectivity index (χ0) is 44.0. The van der Waals surface area contributed by atoms with Gasteiger partial charge in [0.05, 0.1) is 0 Å². The van der Waals surface area contributed by atoms with Crippen LogP contribution in [-0.4, -0.2) is 6.71 Å². The summed E-state index contributed by atoms with van der Waals surface area (Å²) in [4.78, 5) is 4.51. The minimum atomic E-state index is -0.220. The van der Waals surface area contributed by atoms with E-state index in [0.717, 1.165) is 106 Å². The molecule has 0 radical (unpaired) electrons. The average molecular weight is 861 g/mol. The van der Waals surface area contributed by atoms with Crippen molar-refractivity contribution in [3.63, 3.8) is 0 Å². The van der Waals surface area contributed by atoms with Gasteiger partial charge in [0.25, 0.3) is 6.71 Å². The van der Waals surface area contributed by atoms with Crippen LogP contribution in [0.25, 0.3) is 55.0 Å². The molecule has 0 bridgehead atoms. The second kappa shape index (κ2) is 14.8. The Morgan fingerprint density at radius 1 is 0.313 bits per heavy atom. The summed E-state index contributed by atoms with van der Waals surface area (Å²) in [7, 11) is 0. The number of benzene rings is 10. The van der Waals surface area contributed by atoms with Crippen molar-refractivity contribution in [1.82, 2.24) is 0 Å². The lowest BCUT2D eigenvalue weighted by Crippen LogP contribution is -2.57. The first-order valence-electron chi connectivity index (χ1n) is 22.6.